The van der Waals surface area contributed by atoms with Gasteiger partial charge in [-0.2, -0.15) is 0 Å². The van der Waals surface area contributed by atoms with Gasteiger partial charge >= 0.3 is 0 Å². The monoisotopic (exact) mass is 464 g/mol. The van der Waals surface area contributed by atoms with Gasteiger partial charge in [-0.3, -0.25) is 9.97 Å². The number of anilines is 2. The lowest BCUT2D eigenvalue weighted by molar-refractivity contribution is 0.0734. The van der Waals surface area contributed by atoms with E-state index in [4.69, 9.17) is 9.47 Å². The summed E-state index contributed by atoms with van der Waals surface area (Å²) >= 11 is 0. The second-order valence-corrected chi connectivity index (χ2v) is 9.55. The maximum absolute atomic E-state index is 10.1. The van der Waals surface area contributed by atoms with Crippen LogP contribution in [0.2, 0.25) is 0 Å². The van der Waals surface area contributed by atoms with E-state index < -0.39 is 5.60 Å². The van der Waals surface area contributed by atoms with Crippen molar-refractivity contribution in [2.45, 2.75) is 57.3 Å². The molecule has 2 aliphatic rings. The van der Waals surface area contributed by atoms with Gasteiger partial charge in [0.2, 0.25) is 0 Å². The minimum atomic E-state index is -0.992. The molecule has 0 amide bonds. The van der Waals surface area contributed by atoms with Crippen molar-refractivity contribution < 1.29 is 14.6 Å². The maximum Gasteiger partial charge on any atom is 0.149 e. The Morgan fingerprint density at radius 1 is 1.00 bits per heavy atom. The lowest BCUT2D eigenvalue weighted by Gasteiger charge is -2.31. The average molecular weight is 465 g/mol. The lowest BCUT2D eigenvalue weighted by Crippen LogP contribution is -2.36. The number of fused-ring (bicyclic) bond motifs is 1. The minimum absolute atomic E-state index is 0.131. The van der Waals surface area contributed by atoms with Crippen LogP contribution in [0.1, 0.15) is 45.2 Å². The van der Waals surface area contributed by atoms with Crippen LogP contribution < -0.4 is 15.0 Å². The Kier molecular flexibility index (Phi) is 6.47. The van der Waals surface area contributed by atoms with Gasteiger partial charge in [-0.05, 0) is 45.6 Å². The highest BCUT2D eigenvalue weighted by molar-refractivity contribution is 5.85. The van der Waals surface area contributed by atoms with Gasteiger partial charge < -0.3 is 24.8 Å². The Morgan fingerprint density at radius 3 is 2.47 bits per heavy atom. The summed E-state index contributed by atoms with van der Waals surface area (Å²) < 4.78 is 12.0. The highest BCUT2D eigenvalue weighted by Gasteiger charge is 2.25. The summed E-state index contributed by atoms with van der Waals surface area (Å²) in [5.41, 5.74) is 2.33. The summed E-state index contributed by atoms with van der Waals surface area (Å²) in [5, 5.41) is 13.5. The Hall–Kier alpha value is -3.04. The molecule has 3 heterocycles. The molecule has 2 aromatic heterocycles. The lowest BCUT2D eigenvalue weighted by atomic mass is 9.93. The number of hydrogen-bond acceptors (Lipinski definition) is 9. The molecule has 0 atom stereocenters. The normalized spacial score (nSPS) is 21.4. The summed E-state index contributed by atoms with van der Waals surface area (Å²) in [5.74, 6) is 1.54. The molecule has 0 unspecified atom stereocenters. The van der Waals surface area contributed by atoms with Crippen LogP contribution in [-0.2, 0) is 10.3 Å². The molecule has 1 aliphatic carbocycles. The van der Waals surface area contributed by atoms with Crippen molar-refractivity contribution in [2.75, 3.05) is 36.5 Å². The summed E-state index contributed by atoms with van der Waals surface area (Å²) in [6.07, 6.45) is 10.7. The van der Waals surface area contributed by atoms with Crippen LogP contribution in [0.15, 0.2) is 36.9 Å². The first-order chi connectivity index (χ1) is 16.5. The van der Waals surface area contributed by atoms with Crippen LogP contribution in [-0.4, -0.2) is 63.5 Å². The Morgan fingerprint density at radius 2 is 1.76 bits per heavy atom. The molecule has 34 heavy (non-hydrogen) atoms. The molecule has 0 spiro atoms. The molecule has 0 bridgehead atoms. The molecule has 3 aromatic rings. The summed E-state index contributed by atoms with van der Waals surface area (Å²) in [7, 11) is 0. The summed E-state index contributed by atoms with van der Waals surface area (Å²) in [6, 6.07) is 4.51. The Bertz CT molecular complexity index is 1100. The zero-order chi connectivity index (χ0) is 23.5. The first-order valence-electron chi connectivity index (χ1n) is 12.0. The average Bonchev–Trinajstić information content (AvgIpc) is 2.85. The Labute approximate surface area is 199 Å². The van der Waals surface area contributed by atoms with Gasteiger partial charge in [0.05, 0.1) is 42.9 Å². The van der Waals surface area contributed by atoms with E-state index in [-0.39, 0.29) is 6.10 Å². The van der Waals surface area contributed by atoms with Gasteiger partial charge in [-0.1, -0.05) is 0 Å². The first-order valence-corrected chi connectivity index (χ1v) is 12.0. The zero-order valence-corrected chi connectivity index (χ0v) is 19.8. The first kappa shape index (κ1) is 22.7. The number of hydrogen-bond donors (Lipinski definition) is 2. The van der Waals surface area contributed by atoms with Crippen LogP contribution in [0.4, 0.5) is 11.5 Å². The molecule has 2 fully saturated rings. The zero-order valence-electron chi connectivity index (χ0n) is 19.8. The molecule has 2 N–H and O–H groups in total. The minimum Gasteiger partial charge on any atom is -0.488 e. The fourth-order valence-electron chi connectivity index (χ4n) is 4.55. The van der Waals surface area contributed by atoms with E-state index in [0.717, 1.165) is 80.3 Å². The van der Waals surface area contributed by atoms with Gasteiger partial charge in [0.25, 0.3) is 0 Å². The van der Waals surface area contributed by atoms with Gasteiger partial charge in [0, 0.05) is 43.3 Å². The number of aliphatic hydroxyl groups is 1. The van der Waals surface area contributed by atoms with Gasteiger partial charge in [-0.25, -0.2) is 9.97 Å². The molecule has 9 heteroatoms. The number of aromatic nitrogens is 4. The molecule has 180 valence electrons. The second kappa shape index (κ2) is 9.68. The molecular formula is C25H32N6O3. The number of rotatable bonds is 6. The fraction of sp³-hybridized carbons (Fsp3) is 0.520. The number of nitrogens with zero attached hydrogens (tertiary/aromatic N) is 5. The summed E-state index contributed by atoms with van der Waals surface area (Å²) in [4.78, 5) is 20.2. The molecule has 5 rings (SSSR count). The molecule has 1 aliphatic heterocycles. The van der Waals surface area contributed by atoms with Crippen LogP contribution >= 0.6 is 0 Å². The number of nitrogens with one attached hydrogen (secondary N) is 1. The van der Waals surface area contributed by atoms with Crippen LogP contribution in [0.25, 0.3) is 11.0 Å². The number of benzene rings is 1. The highest BCUT2D eigenvalue weighted by Crippen LogP contribution is 2.33. The standard InChI is InChI=1S/C25H32N6O3/c1-25(2,32)22-15-29-23(16-28-22)30-17-3-5-19(6-4-17)34-21-14-18(31-9-11-33-12-10-31)13-20-24(21)27-8-7-26-20/h7-8,13-17,19,32H,3-6,9-12H2,1-2H3,(H,29,30). The summed E-state index contributed by atoms with van der Waals surface area (Å²) in [6.45, 7) is 6.60. The van der Waals surface area contributed by atoms with Crippen molar-refractivity contribution in [1.29, 1.82) is 0 Å². The van der Waals surface area contributed by atoms with E-state index >= 15 is 0 Å². The van der Waals surface area contributed by atoms with Crippen molar-refractivity contribution in [3.05, 3.63) is 42.6 Å². The highest BCUT2D eigenvalue weighted by atomic mass is 16.5. The third-order valence-electron chi connectivity index (χ3n) is 6.50. The van der Waals surface area contributed by atoms with Crippen molar-refractivity contribution in [3.8, 4) is 5.75 Å². The fourth-order valence-corrected chi connectivity index (χ4v) is 4.55. The SMILES string of the molecule is CC(C)(O)c1cnc(NC2CCC(Oc3cc(N4CCOCC4)cc4nccnc34)CC2)cn1. The number of ether oxygens (including phenoxy) is 2. The smallest absolute Gasteiger partial charge is 0.149 e. The van der Waals surface area contributed by atoms with Crippen molar-refractivity contribution in [2.24, 2.45) is 0 Å². The number of morpholine rings is 1. The van der Waals surface area contributed by atoms with Gasteiger partial charge in [0.1, 0.15) is 22.7 Å². The maximum atomic E-state index is 10.1. The molecule has 9 nitrogen and oxygen atoms in total. The van der Waals surface area contributed by atoms with E-state index in [1.165, 1.54) is 0 Å². The van der Waals surface area contributed by atoms with Gasteiger partial charge in [-0.15, -0.1) is 0 Å². The van der Waals surface area contributed by atoms with Crippen LogP contribution in [0.3, 0.4) is 0 Å². The van der Waals surface area contributed by atoms with Gasteiger partial charge in [0.15, 0.2) is 0 Å². The predicted molar refractivity (Wildman–Crippen MR) is 130 cm³/mol. The van der Waals surface area contributed by atoms with E-state index in [1.54, 1.807) is 38.6 Å². The van der Waals surface area contributed by atoms with E-state index in [1.807, 2.05) is 0 Å². The molecular weight excluding hydrogens is 432 g/mol. The van der Waals surface area contributed by atoms with E-state index in [2.05, 4.69) is 42.3 Å². The van der Waals surface area contributed by atoms with Crippen molar-refractivity contribution in [3.63, 3.8) is 0 Å². The molecule has 1 aromatic carbocycles. The molecule has 1 saturated carbocycles. The topological polar surface area (TPSA) is 106 Å². The quantitative estimate of drug-likeness (QED) is 0.568. The Balaban J connectivity index is 1.23. The molecule has 0 radical (unpaired) electrons. The predicted octanol–water partition coefficient (Wildman–Crippen LogP) is 3.29. The van der Waals surface area contributed by atoms with Crippen molar-refractivity contribution in [1.82, 2.24) is 19.9 Å². The van der Waals surface area contributed by atoms with Crippen LogP contribution in [0.5, 0.6) is 5.75 Å². The van der Waals surface area contributed by atoms with Crippen molar-refractivity contribution >= 4 is 22.5 Å². The van der Waals surface area contributed by atoms with E-state index in [9.17, 15) is 5.11 Å². The third-order valence-corrected chi connectivity index (χ3v) is 6.50. The second-order valence-electron chi connectivity index (χ2n) is 9.55. The van der Waals surface area contributed by atoms with E-state index in [0.29, 0.717) is 11.7 Å². The third kappa shape index (κ3) is 5.20. The molecule has 1 saturated heterocycles. The largest absolute Gasteiger partial charge is 0.488 e. The van der Waals surface area contributed by atoms with Crippen LogP contribution in [0, 0.1) is 0 Å².